The number of fused-ring (bicyclic) bond motifs is 1. The van der Waals surface area contributed by atoms with Crippen LogP contribution in [0, 0.1) is 5.92 Å². The molecule has 3 fully saturated rings. The molecule has 0 spiro atoms. The van der Waals surface area contributed by atoms with E-state index in [0.29, 0.717) is 24.0 Å². The molecule has 0 aromatic rings. The van der Waals surface area contributed by atoms with Gasteiger partial charge in [0.15, 0.2) is 0 Å². The number of piperidine rings is 2. The van der Waals surface area contributed by atoms with E-state index in [1.165, 1.54) is 25.8 Å². The number of carbonyl (C=O) groups excluding carboxylic acids is 1. The van der Waals surface area contributed by atoms with Gasteiger partial charge in [0.25, 0.3) is 0 Å². The summed E-state index contributed by atoms with van der Waals surface area (Å²) in [6, 6.07) is 1.34. The van der Waals surface area contributed by atoms with Gasteiger partial charge >= 0.3 is 0 Å². The van der Waals surface area contributed by atoms with Gasteiger partial charge in [-0.05, 0) is 52.6 Å². The second kappa shape index (κ2) is 6.02. The summed E-state index contributed by atoms with van der Waals surface area (Å²) >= 11 is 0. The second-order valence-electron chi connectivity index (χ2n) is 6.98. The highest BCUT2D eigenvalue weighted by Crippen LogP contribution is 2.27. The molecule has 4 atom stereocenters. The third-order valence-corrected chi connectivity index (χ3v) is 5.55. The highest BCUT2D eigenvalue weighted by Gasteiger charge is 2.39. The van der Waals surface area contributed by atoms with E-state index in [-0.39, 0.29) is 5.92 Å². The van der Waals surface area contributed by atoms with Crippen molar-refractivity contribution >= 4 is 5.91 Å². The summed E-state index contributed by atoms with van der Waals surface area (Å²) in [5, 5.41) is 3.47. The number of hydrogen-bond acceptors (Lipinski definition) is 3. The van der Waals surface area contributed by atoms with Crippen LogP contribution in [0.4, 0.5) is 0 Å². The minimum atomic E-state index is 0.196. The largest absolute Gasteiger partial charge is 0.337 e. The van der Waals surface area contributed by atoms with Gasteiger partial charge in [-0.3, -0.25) is 9.69 Å². The summed E-state index contributed by atoms with van der Waals surface area (Å²) in [7, 11) is 0. The van der Waals surface area contributed by atoms with E-state index in [4.69, 9.17) is 0 Å². The summed E-state index contributed by atoms with van der Waals surface area (Å²) in [5.41, 5.74) is 0. The van der Waals surface area contributed by atoms with Gasteiger partial charge in [0, 0.05) is 31.2 Å². The maximum atomic E-state index is 12.9. The minimum Gasteiger partial charge on any atom is -0.337 e. The number of amides is 1. The van der Waals surface area contributed by atoms with Gasteiger partial charge in [-0.15, -0.1) is 0 Å². The zero-order valence-corrected chi connectivity index (χ0v) is 13.0. The van der Waals surface area contributed by atoms with E-state index in [1.54, 1.807) is 0 Å². The molecule has 1 N–H and O–H groups in total. The van der Waals surface area contributed by atoms with Crippen LogP contribution in [0.5, 0.6) is 0 Å². The Hall–Kier alpha value is -0.610. The maximum absolute atomic E-state index is 12.9. The molecule has 0 saturated carbocycles. The Kier molecular flexibility index (Phi) is 4.32. The van der Waals surface area contributed by atoms with E-state index in [1.807, 2.05) is 0 Å². The molecule has 0 radical (unpaired) electrons. The highest BCUT2D eigenvalue weighted by atomic mass is 16.2. The molecule has 114 valence electrons. The van der Waals surface area contributed by atoms with Gasteiger partial charge < -0.3 is 10.2 Å². The van der Waals surface area contributed by atoms with E-state index in [0.717, 1.165) is 32.5 Å². The molecule has 3 aliphatic heterocycles. The molecule has 4 heteroatoms. The number of piperazine rings is 1. The third-order valence-electron chi connectivity index (χ3n) is 5.55. The average molecular weight is 279 g/mol. The van der Waals surface area contributed by atoms with Crippen LogP contribution in [0.3, 0.4) is 0 Å². The van der Waals surface area contributed by atoms with Crippen molar-refractivity contribution in [3.8, 4) is 0 Å². The van der Waals surface area contributed by atoms with Crippen molar-refractivity contribution in [1.82, 2.24) is 15.1 Å². The van der Waals surface area contributed by atoms with Gasteiger partial charge in [-0.1, -0.05) is 6.42 Å². The lowest BCUT2D eigenvalue weighted by Crippen LogP contribution is -2.62. The molecule has 3 saturated heterocycles. The van der Waals surface area contributed by atoms with Crippen molar-refractivity contribution in [2.75, 3.05) is 26.2 Å². The van der Waals surface area contributed by atoms with E-state index in [9.17, 15) is 4.79 Å². The Morgan fingerprint density at radius 3 is 2.75 bits per heavy atom. The summed E-state index contributed by atoms with van der Waals surface area (Å²) in [6.07, 6.45) is 6.14. The highest BCUT2D eigenvalue weighted by molar-refractivity contribution is 5.80. The van der Waals surface area contributed by atoms with Gasteiger partial charge in [0.1, 0.15) is 0 Å². The molecule has 1 amide bonds. The summed E-state index contributed by atoms with van der Waals surface area (Å²) in [6.45, 7) is 8.73. The first-order valence-electron chi connectivity index (χ1n) is 8.44. The fourth-order valence-electron chi connectivity index (χ4n) is 4.25. The van der Waals surface area contributed by atoms with Crippen LogP contribution in [-0.2, 0) is 4.79 Å². The van der Waals surface area contributed by atoms with Crippen LogP contribution in [-0.4, -0.2) is 60.0 Å². The predicted molar refractivity (Wildman–Crippen MR) is 80.6 cm³/mol. The predicted octanol–water partition coefficient (Wildman–Crippen LogP) is 1.46. The molecule has 0 aromatic heterocycles. The van der Waals surface area contributed by atoms with Gasteiger partial charge in [0.2, 0.25) is 5.91 Å². The summed E-state index contributed by atoms with van der Waals surface area (Å²) in [4.78, 5) is 17.7. The molecule has 20 heavy (non-hydrogen) atoms. The Balaban J connectivity index is 1.67. The minimum absolute atomic E-state index is 0.196. The number of rotatable bonds is 1. The lowest BCUT2D eigenvalue weighted by atomic mass is 9.89. The first-order valence-corrected chi connectivity index (χ1v) is 8.44. The number of nitrogens with zero attached hydrogens (tertiary/aromatic N) is 2. The third kappa shape index (κ3) is 2.73. The zero-order valence-electron chi connectivity index (χ0n) is 13.0. The Morgan fingerprint density at radius 1 is 1.10 bits per heavy atom. The van der Waals surface area contributed by atoms with Crippen LogP contribution in [0.25, 0.3) is 0 Å². The fraction of sp³-hybridized carbons (Fsp3) is 0.938. The van der Waals surface area contributed by atoms with Crippen LogP contribution in [0.1, 0.15) is 46.0 Å². The molecule has 3 heterocycles. The first-order chi connectivity index (χ1) is 9.66. The van der Waals surface area contributed by atoms with E-state index in [2.05, 4.69) is 29.0 Å². The smallest absolute Gasteiger partial charge is 0.227 e. The first kappa shape index (κ1) is 14.3. The normalized spacial score (nSPS) is 39.4. The monoisotopic (exact) mass is 279 g/mol. The molecule has 4 nitrogen and oxygen atoms in total. The lowest BCUT2D eigenvalue weighted by Gasteiger charge is -2.49. The number of hydrogen-bond donors (Lipinski definition) is 1. The topological polar surface area (TPSA) is 35.6 Å². The fourth-order valence-corrected chi connectivity index (χ4v) is 4.25. The second-order valence-corrected chi connectivity index (χ2v) is 6.98. The quantitative estimate of drug-likeness (QED) is 0.789. The zero-order chi connectivity index (χ0) is 14.1. The molecule has 0 aliphatic carbocycles. The standard InChI is InChI=1S/C16H29N3O/c1-12-10-18-9-4-3-6-14(18)11-19(12)16(20)15-7-5-8-17-13(15)2/h12-15,17H,3-11H2,1-2H3. The van der Waals surface area contributed by atoms with Crippen molar-refractivity contribution < 1.29 is 4.79 Å². The molecular weight excluding hydrogens is 250 g/mol. The van der Waals surface area contributed by atoms with Crippen LogP contribution >= 0.6 is 0 Å². The summed E-state index contributed by atoms with van der Waals surface area (Å²) < 4.78 is 0. The van der Waals surface area contributed by atoms with Crippen molar-refractivity contribution in [1.29, 1.82) is 0 Å². The molecule has 0 aromatic carbocycles. The van der Waals surface area contributed by atoms with Crippen LogP contribution in [0.2, 0.25) is 0 Å². The average Bonchev–Trinajstić information content (AvgIpc) is 2.46. The van der Waals surface area contributed by atoms with Crippen molar-refractivity contribution in [2.45, 2.75) is 64.1 Å². The molecule has 4 unspecified atom stereocenters. The lowest BCUT2D eigenvalue weighted by molar-refractivity contribution is -0.144. The molecule has 0 bridgehead atoms. The Morgan fingerprint density at radius 2 is 1.95 bits per heavy atom. The van der Waals surface area contributed by atoms with Crippen molar-refractivity contribution in [2.24, 2.45) is 5.92 Å². The van der Waals surface area contributed by atoms with Crippen molar-refractivity contribution in [3.63, 3.8) is 0 Å². The Bertz CT molecular complexity index is 360. The van der Waals surface area contributed by atoms with Gasteiger partial charge in [-0.25, -0.2) is 0 Å². The van der Waals surface area contributed by atoms with E-state index < -0.39 is 0 Å². The molecule has 3 rings (SSSR count). The van der Waals surface area contributed by atoms with Gasteiger partial charge in [-0.2, -0.15) is 0 Å². The Labute approximate surface area is 122 Å². The number of nitrogens with one attached hydrogen (secondary N) is 1. The van der Waals surface area contributed by atoms with Gasteiger partial charge in [0.05, 0.1) is 5.92 Å². The van der Waals surface area contributed by atoms with Crippen LogP contribution < -0.4 is 5.32 Å². The number of carbonyl (C=O) groups is 1. The van der Waals surface area contributed by atoms with E-state index >= 15 is 0 Å². The van der Waals surface area contributed by atoms with Crippen LogP contribution in [0.15, 0.2) is 0 Å². The maximum Gasteiger partial charge on any atom is 0.227 e. The SMILES string of the molecule is CC1NCCCC1C(=O)N1CC2CCCCN2CC1C. The summed E-state index contributed by atoms with van der Waals surface area (Å²) in [5.74, 6) is 0.601. The molecular formula is C16H29N3O. The van der Waals surface area contributed by atoms with Crippen molar-refractivity contribution in [3.05, 3.63) is 0 Å². The molecule has 3 aliphatic rings.